The van der Waals surface area contributed by atoms with Gasteiger partial charge in [0, 0.05) is 35.5 Å². The van der Waals surface area contributed by atoms with Crippen LogP contribution in [0.5, 0.6) is 0 Å². The minimum absolute atomic E-state index is 0.118. The van der Waals surface area contributed by atoms with Gasteiger partial charge in [-0.25, -0.2) is 0 Å². The van der Waals surface area contributed by atoms with Crippen LogP contribution in [0.1, 0.15) is 46.5 Å². The Morgan fingerprint density at radius 3 is 2.45 bits per heavy atom. The molecule has 0 aliphatic heterocycles. The first-order valence-electron chi connectivity index (χ1n) is 7.81. The lowest BCUT2D eigenvalue weighted by Crippen LogP contribution is -2.51. The van der Waals surface area contributed by atoms with Crippen molar-refractivity contribution in [2.75, 3.05) is 7.11 Å². The third-order valence-electron chi connectivity index (χ3n) is 5.71. The van der Waals surface area contributed by atoms with Gasteiger partial charge in [-0.1, -0.05) is 20.8 Å². The van der Waals surface area contributed by atoms with Crippen molar-refractivity contribution in [2.45, 2.75) is 46.5 Å². The quantitative estimate of drug-likeness (QED) is 0.699. The Hall–Kier alpha value is -1.71. The fourth-order valence-electron chi connectivity index (χ4n) is 5.03. The van der Waals surface area contributed by atoms with Crippen LogP contribution in [-0.2, 0) is 19.1 Å². The molecule has 0 saturated heterocycles. The minimum Gasteiger partial charge on any atom is -0.493 e. The summed E-state index contributed by atoms with van der Waals surface area (Å²) >= 11 is 0. The second kappa shape index (κ2) is 4.64. The Kier molecular flexibility index (Phi) is 3.21. The molecule has 3 aliphatic rings. The summed E-state index contributed by atoms with van der Waals surface area (Å²) in [4.78, 5) is 37.4. The molecule has 3 aliphatic carbocycles. The van der Waals surface area contributed by atoms with E-state index in [0.717, 1.165) is 6.42 Å². The fraction of sp³-hybridized carbons (Fsp3) is 0.611. The van der Waals surface area contributed by atoms with Crippen LogP contribution in [0.4, 0.5) is 0 Å². The molecule has 0 N–H and O–H groups in total. The number of methoxy groups -OCH3 is 1. The molecule has 22 heavy (non-hydrogen) atoms. The molecular formula is C18H22O4. The second-order valence-electron chi connectivity index (χ2n) is 7.65. The van der Waals surface area contributed by atoms with Crippen molar-refractivity contribution in [3.05, 3.63) is 23.0 Å². The molecule has 3 rings (SSSR count). The maximum absolute atomic E-state index is 12.6. The average Bonchev–Trinajstić information content (AvgIpc) is 2.39. The number of carbonyl (C=O) groups excluding carboxylic acids is 3. The summed E-state index contributed by atoms with van der Waals surface area (Å²) < 4.78 is 5.04. The van der Waals surface area contributed by atoms with Gasteiger partial charge in [-0.15, -0.1) is 0 Å². The van der Waals surface area contributed by atoms with Gasteiger partial charge in [0.05, 0.1) is 7.11 Å². The number of ketones is 3. The predicted octanol–water partition coefficient (Wildman–Crippen LogP) is 2.77. The van der Waals surface area contributed by atoms with Crippen molar-refractivity contribution in [1.82, 2.24) is 0 Å². The highest BCUT2D eigenvalue weighted by atomic mass is 16.5. The van der Waals surface area contributed by atoms with Crippen molar-refractivity contribution in [1.29, 1.82) is 0 Å². The molecule has 4 nitrogen and oxygen atoms in total. The van der Waals surface area contributed by atoms with Crippen LogP contribution in [0.25, 0.3) is 0 Å². The van der Waals surface area contributed by atoms with Gasteiger partial charge in [0.2, 0.25) is 5.78 Å². The molecule has 0 spiro atoms. The summed E-state index contributed by atoms with van der Waals surface area (Å²) in [5, 5.41) is 0. The molecule has 118 valence electrons. The van der Waals surface area contributed by atoms with E-state index in [9.17, 15) is 14.4 Å². The first-order chi connectivity index (χ1) is 10.2. The standard InChI is InChI=1S/C18H22O4/c1-17(2)8-10(19)9-18(3)14(17)6-5-11-15(18)12(20)7-13(22-4)16(11)21/h7,14H,5-6,8-9H2,1-4H3/t14-,18-/m0/s1. The monoisotopic (exact) mass is 302 g/mol. The second-order valence-corrected chi connectivity index (χ2v) is 7.65. The lowest BCUT2D eigenvalue weighted by atomic mass is 9.49. The molecule has 0 aromatic rings. The third kappa shape index (κ3) is 1.93. The SMILES string of the molecule is COC1=CC(=O)C2=C(CC[C@H]3C(C)(C)CC(=O)C[C@]23C)C1=O. The summed E-state index contributed by atoms with van der Waals surface area (Å²) in [6, 6.07) is 0. The van der Waals surface area contributed by atoms with Gasteiger partial charge >= 0.3 is 0 Å². The van der Waals surface area contributed by atoms with Crippen LogP contribution in [-0.4, -0.2) is 24.5 Å². The van der Waals surface area contributed by atoms with Crippen LogP contribution >= 0.6 is 0 Å². The molecule has 4 heteroatoms. The largest absolute Gasteiger partial charge is 0.493 e. The van der Waals surface area contributed by atoms with E-state index in [0.29, 0.717) is 30.4 Å². The smallest absolute Gasteiger partial charge is 0.224 e. The molecule has 0 amide bonds. The highest BCUT2D eigenvalue weighted by Crippen LogP contribution is 2.59. The molecule has 0 aromatic heterocycles. The van der Waals surface area contributed by atoms with E-state index in [1.54, 1.807) is 0 Å². The van der Waals surface area contributed by atoms with Crippen LogP contribution < -0.4 is 0 Å². The summed E-state index contributed by atoms with van der Waals surface area (Å²) in [7, 11) is 1.41. The van der Waals surface area contributed by atoms with Gasteiger partial charge in [-0.3, -0.25) is 14.4 Å². The number of carbonyl (C=O) groups is 3. The highest BCUT2D eigenvalue weighted by Gasteiger charge is 2.56. The van der Waals surface area contributed by atoms with Crippen molar-refractivity contribution in [3.8, 4) is 0 Å². The molecule has 0 radical (unpaired) electrons. The van der Waals surface area contributed by atoms with Crippen molar-refractivity contribution in [3.63, 3.8) is 0 Å². The Labute approximate surface area is 130 Å². The van der Waals surface area contributed by atoms with Crippen molar-refractivity contribution in [2.24, 2.45) is 16.7 Å². The molecule has 1 fully saturated rings. The van der Waals surface area contributed by atoms with Gasteiger partial charge in [-0.05, 0) is 24.2 Å². The van der Waals surface area contributed by atoms with E-state index >= 15 is 0 Å². The topological polar surface area (TPSA) is 60.4 Å². The summed E-state index contributed by atoms with van der Waals surface area (Å²) in [5.74, 6) is 0.189. The van der Waals surface area contributed by atoms with E-state index in [4.69, 9.17) is 4.74 Å². The van der Waals surface area contributed by atoms with Crippen LogP contribution in [0.2, 0.25) is 0 Å². The maximum Gasteiger partial charge on any atom is 0.224 e. The van der Waals surface area contributed by atoms with E-state index in [1.807, 2.05) is 6.92 Å². The zero-order chi connectivity index (χ0) is 16.3. The van der Waals surface area contributed by atoms with Crippen molar-refractivity contribution >= 4 is 17.3 Å². The first-order valence-corrected chi connectivity index (χ1v) is 7.81. The number of allylic oxidation sites excluding steroid dienone is 3. The number of Topliss-reactive ketones (excluding diaryl/α,β-unsaturated/α-hetero) is 2. The molecule has 0 unspecified atom stereocenters. The lowest BCUT2D eigenvalue weighted by molar-refractivity contribution is -0.133. The van der Waals surface area contributed by atoms with Crippen molar-refractivity contribution < 1.29 is 19.1 Å². The van der Waals surface area contributed by atoms with Gasteiger partial charge in [-0.2, -0.15) is 0 Å². The Balaban J connectivity index is 2.15. The molecule has 0 aromatic carbocycles. The minimum atomic E-state index is -0.533. The zero-order valence-corrected chi connectivity index (χ0v) is 13.6. The summed E-state index contributed by atoms with van der Waals surface area (Å²) in [5.41, 5.74) is 0.454. The first kappa shape index (κ1) is 15.2. The highest BCUT2D eigenvalue weighted by molar-refractivity contribution is 6.22. The van der Waals surface area contributed by atoms with Gasteiger partial charge in [0.1, 0.15) is 5.78 Å². The number of hydrogen-bond acceptors (Lipinski definition) is 4. The molecule has 2 atom stereocenters. The van der Waals surface area contributed by atoms with E-state index in [-0.39, 0.29) is 34.4 Å². The van der Waals surface area contributed by atoms with Gasteiger partial charge < -0.3 is 4.74 Å². The summed E-state index contributed by atoms with van der Waals surface area (Å²) in [6.07, 6.45) is 3.64. The Bertz CT molecular complexity index is 650. The van der Waals surface area contributed by atoms with Gasteiger partial charge in [0.25, 0.3) is 0 Å². The van der Waals surface area contributed by atoms with E-state index in [1.165, 1.54) is 13.2 Å². The number of fused-ring (bicyclic) bond motifs is 2. The zero-order valence-electron chi connectivity index (χ0n) is 13.6. The third-order valence-corrected chi connectivity index (χ3v) is 5.71. The van der Waals surface area contributed by atoms with E-state index in [2.05, 4.69) is 13.8 Å². The number of rotatable bonds is 1. The molecule has 0 heterocycles. The molecular weight excluding hydrogens is 280 g/mol. The average molecular weight is 302 g/mol. The summed E-state index contributed by atoms with van der Waals surface area (Å²) in [6.45, 7) is 6.19. The number of ether oxygens (including phenoxy) is 1. The molecule has 0 bridgehead atoms. The number of hydrogen-bond donors (Lipinski definition) is 0. The Morgan fingerprint density at radius 1 is 1.14 bits per heavy atom. The molecule has 1 saturated carbocycles. The normalized spacial score (nSPS) is 34.1. The predicted molar refractivity (Wildman–Crippen MR) is 81.0 cm³/mol. The maximum atomic E-state index is 12.6. The lowest BCUT2D eigenvalue weighted by Gasteiger charge is -2.54. The van der Waals surface area contributed by atoms with Crippen LogP contribution in [0, 0.1) is 16.7 Å². The van der Waals surface area contributed by atoms with Crippen LogP contribution in [0.15, 0.2) is 23.0 Å². The van der Waals surface area contributed by atoms with Gasteiger partial charge in [0.15, 0.2) is 11.5 Å². The van der Waals surface area contributed by atoms with E-state index < -0.39 is 5.41 Å². The Morgan fingerprint density at radius 2 is 1.82 bits per heavy atom. The van der Waals surface area contributed by atoms with Crippen LogP contribution in [0.3, 0.4) is 0 Å². The fourth-order valence-corrected chi connectivity index (χ4v) is 5.03.